The maximum Gasteiger partial charge on any atom is 0.315 e. The van der Waals surface area contributed by atoms with Crippen LogP contribution in [0.4, 0.5) is 6.01 Å². The molecule has 5 nitrogen and oxygen atoms in total. The zero-order valence-corrected chi connectivity index (χ0v) is 13.3. The smallest absolute Gasteiger partial charge is 0.315 e. The number of aryl methyl sites for hydroxylation is 1. The highest BCUT2D eigenvalue weighted by molar-refractivity contribution is 7.12. The second-order valence-corrected chi connectivity index (χ2v) is 6.93. The average Bonchev–Trinajstić information content (AvgIpc) is 3.02. The molecule has 2 aromatic rings. The molecule has 0 fully saturated rings. The van der Waals surface area contributed by atoms with Gasteiger partial charge in [0.2, 0.25) is 5.89 Å². The zero-order chi connectivity index (χ0) is 14.6. The van der Waals surface area contributed by atoms with Crippen molar-refractivity contribution in [2.45, 2.75) is 52.7 Å². The second-order valence-electron chi connectivity index (χ2n) is 5.68. The summed E-state index contributed by atoms with van der Waals surface area (Å²) in [4.78, 5) is 2.66. The molecule has 0 atom stereocenters. The lowest BCUT2D eigenvalue weighted by atomic mass is 10.1. The second kappa shape index (κ2) is 6.37. The quantitative estimate of drug-likeness (QED) is 0.856. The molecule has 20 heavy (non-hydrogen) atoms. The van der Waals surface area contributed by atoms with Gasteiger partial charge in [-0.3, -0.25) is 0 Å². The lowest BCUT2D eigenvalue weighted by molar-refractivity contribution is 0.383. The fraction of sp³-hybridized carbons (Fsp3) is 0.571. The molecule has 0 amide bonds. The number of hydrogen-bond donors (Lipinski definition) is 2. The minimum atomic E-state index is 0.0373. The molecule has 110 valence electrons. The normalized spacial score (nSPS) is 11.8. The number of thiophene rings is 1. The van der Waals surface area contributed by atoms with Crippen LogP contribution in [0, 0.1) is 0 Å². The third kappa shape index (κ3) is 4.61. The maximum absolute atomic E-state index is 5.54. The van der Waals surface area contributed by atoms with Gasteiger partial charge in [-0.15, -0.1) is 16.4 Å². The number of rotatable bonds is 6. The van der Waals surface area contributed by atoms with Crippen molar-refractivity contribution in [3.05, 3.63) is 27.8 Å². The average molecular weight is 294 g/mol. The summed E-state index contributed by atoms with van der Waals surface area (Å²) in [7, 11) is 0. The Kier molecular flexibility index (Phi) is 4.77. The molecule has 0 saturated heterocycles. The highest BCUT2D eigenvalue weighted by atomic mass is 32.1. The van der Waals surface area contributed by atoms with E-state index in [1.165, 1.54) is 9.75 Å². The number of nitrogens with zero attached hydrogens (tertiary/aromatic N) is 2. The molecule has 2 aromatic heterocycles. The van der Waals surface area contributed by atoms with E-state index in [0.717, 1.165) is 13.0 Å². The van der Waals surface area contributed by atoms with Crippen LogP contribution in [-0.2, 0) is 19.5 Å². The van der Waals surface area contributed by atoms with Crippen molar-refractivity contribution in [2.75, 3.05) is 5.32 Å². The van der Waals surface area contributed by atoms with Gasteiger partial charge in [0.05, 0.1) is 13.1 Å². The van der Waals surface area contributed by atoms with Gasteiger partial charge in [0.25, 0.3) is 0 Å². The van der Waals surface area contributed by atoms with Gasteiger partial charge in [-0.1, -0.05) is 12.0 Å². The molecule has 2 heterocycles. The predicted octanol–water partition coefficient (Wildman–Crippen LogP) is 3.19. The third-order valence-corrected chi connectivity index (χ3v) is 3.95. The van der Waals surface area contributed by atoms with Gasteiger partial charge in [-0.2, -0.15) is 0 Å². The van der Waals surface area contributed by atoms with Crippen LogP contribution in [0.3, 0.4) is 0 Å². The minimum Gasteiger partial charge on any atom is -0.407 e. The Labute approximate surface area is 123 Å². The Balaban J connectivity index is 1.83. The first-order valence-corrected chi connectivity index (χ1v) is 7.67. The van der Waals surface area contributed by atoms with Crippen molar-refractivity contribution < 1.29 is 4.42 Å². The molecule has 0 spiro atoms. The number of aromatic nitrogens is 2. The van der Waals surface area contributed by atoms with E-state index in [9.17, 15) is 0 Å². The first-order chi connectivity index (χ1) is 9.46. The SMILES string of the molecule is CCc1ccc(CNc2nnc(CNC(C)(C)C)o2)s1. The summed E-state index contributed by atoms with van der Waals surface area (Å²) in [5.41, 5.74) is 0.0373. The van der Waals surface area contributed by atoms with E-state index in [-0.39, 0.29) is 5.54 Å². The minimum absolute atomic E-state index is 0.0373. The van der Waals surface area contributed by atoms with E-state index in [0.29, 0.717) is 18.5 Å². The van der Waals surface area contributed by atoms with Crippen LogP contribution in [-0.4, -0.2) is 15.7 Å². The molecule has 2 N–H and O–H groups in total. The van der Waals surface area contributed by atoms with Crippen LogP contribution in [0.1, 0.15) is 43.3 Å². The number of anilines is 1. The summed E-state index contributed by atoms with van der Waals surface area (Å²) in [6, 6.07) is 4.77. The first-order valence-electron chi connectivity index (χ1n) is 6.85. The Hall–Kier alpha value is -1.40. The fourth-order valence-electron chi connectivity index (χ4n) is 1.61. The van der Waals surface area contributed by atoms with Crippen LogP contribution in [0.2, 0.25) is 0 Å². The highest BCUT2D eigenvalue weighted by Gasteiger charge is 2.12. The van der Waals surface area contributed by atoms with Gasteiger partial charge in [0.15, 0.2) is 0 Å². The molecule has 0 saturated carbocycles. The molecule has 0 aromatic carbocycles. The first kappa shape index (κ1) is 15.0. The number of nitrogens with one attached hydrogen (secondary N) is 2. The maximum atomic E-state index is 5.54. The van der Waals surface area contributed by atoms with E-state index in [1.54, 1.807) is 0 Å². The molecule has 0 unspecified atom stereocenters. The summed E-state index contributed by atoms with van der Waals surface area (Å²) < 4.78 is 5.54. The Morgan fingerprint density at radius 1 is 1.15 bits per heavy atom. The van der Waals surface area contributed by atoms with Crippen molar-refractivity contribution in [1.29, 1.82) is 0 Å². The summed E-state index contributed by atoms with van der Waals surface area (Å²) >= 11 is 1.81. The van der Waals surface area contributed by atoms with Gasteiger partial charge < -0.3 is 15.1 Å². The lowest BCUT2D eigenvalue weighted by Crippen LogP contribution is -2.35. The van der Waals surface area contributed by atoms with Crippen LogP contribution in [0.15, 0.2) is 16.5 Å². The largest absolute Gasteiger partial charge is 0.407 e. The van der Waals surface area contributed by atoms with Gasteiger partial charge in [0.1, 0.15) is 0 Å². The molecular weight excluding hydrogens is 272 g/mol. The van der Waals surface area contributed by atoms with Crippen molar-refractivity contribution in [3.8, 4) is 0 Å². The van der Waals surface area contributed by atoms with E-state index in [4.69, 9.17) is 4.42 Å². The topological polar surface area (TPSA) is 63.0 Å². The van der Waals surface area contributed by atoms with E-state index < -0.39 is 0 Å². The van der Waals surface area contributed by atoms with Crippen molar-refractivity contribution in [1.82, 2.24) is 15.5 Å². The Morgan fingerprint density at radius 3 is 2.55 bits per heavy atom. The van der Waals surface area contributed by atoms with Crippen LogP contribution in [0.5, 0.6) is 0 Å². The van der Waals surface area contributed by atoms with E-state index in [2.05, 4.69) is 60.7 Å². The molecule has 0 radical (unpaired) electrons. The van der Waals surface area contributed by atoms with Crippen LogP contribution < -0.4 is 10.6 Å². The van der Waals surface area contributed by atoms with Crippen molar-refractivity contribution in [2.24, 2.45) is 0 Å². The van der Waals surface area contributed by atoms with E-state index in [1.807, 2.05) is 11.3 Å². The molecular formula is C14H22N4OS. The fourth-order valence-corrected chi connectivity index (χ4v) is 2.50. The molecule has 6 heteroatoms. The van der Waals surface area contributed by atoms with Gasteiger partial charge in [-0.25, -0.2) is 0 Å². The Bertz CT molecular complexity index is 541. The summed E-state index contributed by atoms with van der Waals surface area (Å²) in [6.45, 7) is 9.77. The molecule has 0 bridgehead atoms. The summed E-state index contributed by atoms with van der Waals surface area (Å²) in [5.74, 6) is 0.600. The van der Waals surface area contributed by atoms with Gasteiger partial charge >= 0.3 is 6.01 Å². The molecule has 2 rings (SSSR count). The highest BCUT2D eigenvalue weighted by Crippen LogP contribution is 2.18. The van der Waals surface area contributed by atoms with Crippen molar-refractivity contribution in [3.63, 3.8) is 0 Å². The van der Waals surface area contributed by atoms with Gasteiger partial charge in [0, 0.05) is 15.3 Å². The summed E-state index contributed by atoms with van der Waals surface area (Å²) in [5, 5.41) is 14.5. The lowest BCUT2D eigenvalue weighted by Gasteiger charge is -2.18. The van der Waals surface area contributed by atoms with E-state index >= 15 is 0 Å². The summed E-state index contributed by atoms with van der Waals surface area (Å²) in [6.07, 6.45) is 1.08. The molecule has 0 aliphatic carbocycles. The van der Waals surface area contributed by atoms with Gasteiger partial charge in [-0.05, 0) is 39.3 Å². The standard InChI is InChI=1S/C14H22N4OS/c1-5-10-6-7-11(20-10)8-15-13-18-17-12(19-13)9-16-14(2,3)4/h6-7,16H,5,8-9H2,1-4H3,(H,15,18). The molecule has 0 aliphatic rings. The zero-order valence-electron chi connectivity index (χ0n) is 12.5. The van der Waals surface area contributed by atoms with Crippen LogP contribution >= 0.6 is 11.3 Å². The monoisotopic (exact) mass is 294 g/mol. The molecule has 0 aliphatic heterocycles. The third-order valence-electron chi connectivity index (χ3n) is 2.72. The number of hydrogen-bond acceptors (Lipinski definition) is 6. The Morgan fingerprint density at radius 2 is 1.90 bits per heavy atom. The van der Waals surface area contributed by atoms with Crippen LogP contribution in [0.25, 0.3) is 0 Å². The van der Waals surface area contributed by atoms with Crippen molar-refractivity contribution >= 4 is 17.4 Å². The predicted molar refractivity (Wildman–Crippen MR) is 81.9 cm³/mol.